The molecule has 0 spiro atoms. The summed E-state index contributed by atoms with van der Waals surface area (Å²) in [5, 5.41) is 7.71. The molecule has 11 nitrogen and oxygen atoms in total. The van der Waals surface area contributed by atoms with Gasteiger partial charge in [0, 0.05) is 25.4 Å². The summed E-state index contributed by atoms with van der Waals surface area (Å²) in [7, 11) is 0. The minimum Gasteiger partial charge on any atom is -0.342 e. The van der Waals surface area contributed by atoms with Crippen LogP contribution < -0.4 is 20.9 Å². The maximum Gasteiger partial charge on any atom is 0.418 e. The Balaban J connectivity index is 1.41. The molecule has 3 N–H and O–H groups in total. The quantitative estimate of drug-likeness (QED) is 0.422. The molecule has 3 amide bonds. The van der Waals surface area contributed by atoms with Crippen LogP contribution in [0.15, 0.2) is 30.9 Å². The van der Waals surface area contributed by atoms with Gasteiger partial charge in [0.2, 0.25) is 5.91 Å². The van der Waals surface area contributed by atoms with Crippen LogP contribution in [0.4, 0.5) is 24.8 Å². The van der Waals surface area contributed by atoms with Crippen LogP contribution in [0.25, 0.3) is 0 Å². The first-order valence-electron chi connectivity index (χ1n) is 10.7. The molecule has 37 heavy (non-hydrogen) atoms. The zero-order valence-corrected chi connectivity index (χ0v) is 20.5. The highest BCUT2D eigenvalue weighted by molar-refractivity contribution is 7.13. The molecule has 1 aliphatic rings. The zero-order valence-electron chi connectivity index (χ0n) is 19.0. The van der Waals surface area contributed by atoms with Crippen molar-refractivity contribution >= 4 is 52.3 Å². The van der Waals surface area contributed by atoms with Crippen LogP contribution in [0.2, 0.25) is 5.02 Å². The maximum atomic E-state index is 13.0. The summed E-state index contributed by atoms with van der Waals surface area (Å²) < 4.78 is 39.1. The summed E-state index contributed by atoms with van der Waals surface area (Å²) in [6, 6.07) is 1.40. The Morgan fingerprint density at radius 2 is 1.95 bits per heavy atom. The van der Waals surface area contributed by atoms with Crippen LogP contribution in [0.3, 0.4) is 0 Å². The third-order valence-corrected chi connectivity index (χ3v) is 6.60. The van der Waals surface area contributed by atoms with Crippen molar-refractivity contribution in [3.8, 4) is 0 Å². The number of rotatable bonds is 6. The van der Waals surface area contributed by atoms with E-state index in [1.165, 1.54) is 23.5 Å². The molecule has 4 heterocycles. The molecule has 194 valence electrons. The first-order chi connectivity index (χ1) is 17.5. The number of nitrogens with one attached hydrogen (secondary N) is 3. The summed E-state index contributed by atoms with van der Waals surface area (Å²) in [6.45, 7) is 2.79. The number of anilines is 2. The normalized spacial score (nSPS) is 14.8. The van der Waals surface area contributed by atoms with Gasteiger partial charge in [0.05, 0.1) is 29.4 Å². The number of carbonyl (C=O) groups is 3. The molecule has 1 atom stereocenters. The van der Waals surface area contributed by atoms with Crippen molar-refractivity contribution in [1.82, 2.24) is 30.6 Å². The van der Waals surface area contributed by atoms with Crippen LogP contribution >= 0.6 is 22.9 Å². The van der Waals surface area contributed by atoms with E-state index in [0.717, 1.165) is 17.5 Å². The number of alkyl halides is 3. The molecule has 4 rings (SSSR count). The minimum atomic E-state index is -4.71. The SMILES string of the molecule is CC(NC(=O)c1cc(N2CCNCC2=O)ncn1)c1ncc(C(=O)Nc2cc(C(F)(F)F)c(Cl)cn2)s1. The molecule has 0 bridgehead atoms. The lowest BCUT2D eigenvalue weighted by Gasteiger charge is -2.26. The molecule has 1 fully saturated rings. The van der Waals surface area contributed by atoms with E-state index in [9.17, 15) is 27.6 Å². The highest BCUT2D eigenvalue weighted by Gasteiger charge is 2.34. The summed E-state index contributed by atoms with van der Waals surface area (Å²) in [6.07, 6.45) is -1.50. The Hall–Kier alpha value is -3.69. The summed E-state index contributed by atoms with van der Waals surface area (Å²) >= 11 is 6.49. The Labute approximate surface area is 216 Å². The van der Waals surface area contributed by atoms with Gasteiger partial charge < -0.3 is 16.0 Å². The lowest BCUT2D eigenvalue weighted by atomic mass is 10.2. The van der Waals surface area contributed by atoms with Gasteiger partial charge in [0.15, 0.2) is 0 Å². The first kappa shape index (κ1) is 26.4. The number of pyridine rings is 1. The van der Waals surface area contributed by atoms with E-state index in [4.69, 9.17) is 11.6 Å². The largest absolute Gasteiger partial charge is 0.418 e. The van der Waals surface area contributed by atoms with Gasteiger partial charge in [-0.1, -0.05) is 11.6 Å². The molecule has 0 radical (unpaired) electrons. The molecule has 1 unspecified atom stereocenters. The average Bonchev–Trinajstić information content (AvgIpc) is 3.36. The number of carbonyl (C=O) groups excluding carboxylic acids is 3. The van der Waals surface area contributed by atoms with Gasteiger partial charge in [-0.25, -0.2) is 19.9 Å². The fraction of sp³-hybridized carbons (Fsp3) is 0.286. The summed E-state index contributed by atoms with van der Waals surface area (Å²) in [4.78, 5) is 54.7. The third kappa shape index (κ3) is 6.18. The van der Waals surface area contributed by atoms with Crippen molar-refractivity contribution < 1.29 is 27.6 Å². The number of halogens is 4. The predicted octanol–water partition coefficient (Wildman–Crippen LogP) is 2.68. The van der Waals surface area contributed by atoms with Gasteiger partial charge in [-0.05, 0) is 13.0 Å². The standard InChI is InChI=1S/C21H18ClF3N8O3S/c1-10(31-18(35)13-5-16(30-9-29-13)33-3-2-26-8-17(33)34)20-28-7-14(37-20)19(36)32-15-4-11(21(23,24)25)12(22)6-27-15/h4-7,9-10,26H,2-3,8H2,1H3,(H,31,35)(H,27,32,36). The Bertz CT molecular complexity index is 1350. The summed E-state index contributed by atoms with van der Waals surface area (Å²) in [5.41, 5.74) is -1.10. The molecule has 1 aliphatic heterocycles. The first-order valence-corrected chi connectivity index (χ1v) is 11.9. The molecule has 1 saturated heterocycles. The fourth-order valence-electron chi connectivity index (χ4n) is 3.29. The second-order valence-electron chi connectivity index (χ2n) is 7.74. The van der Waals surface area contributed by atoms with Gasteiger partial charge in [-0.2, -0.15) is 13.2 Å². The van der Waals surface area contributed by atoms with Crippen molar-refractivity contribution in [3.05, 3.63) is 57.0 Å². The van der Waals surface area contributed by atoms with Crippen LogP contribution in [0.1, 0.15) is 43.7 Å². The van der Waals surface area contributed by atoms with E-state index in [1.54, 1.807) is 6.92 Å². The molecular formula is C21H18ClF3N8O3S. The van der Waals surface area contributed by atoms with Crippen LogP contribution in [-0.2, 0) is 11.0 Å². The van der Waals surface area contributed by atoms with E-state index in [-0.39, 0.29) is 28.8 Å². The second kappa shape index (κ2) is 10.7. The molecule has 0 aromatic carbocycles. The Morgan fingerprint density at radius 3 is 2.68 bits per heavy atom. The molecule has 3 aromatic rings. The van der Waals surface area contributed by atoms with Crippen molar-refractivity contribution in [2.24, 2.45) is 0 Å². The van der Waals surface area contributed by atoms with Gasteiger partial charge in [-0.3, -0.25) is 19.3 Å². The van der Waals surface area contributed by atoms with E-state index in [2.05, 4.69) is 35.9 Å². The molecule has 16 heteroatoms. The molecule has 0 saturated carbocycles. The Morgan fingerprint density at radius 1 is 1.16 bits per heavy atom. The maximum absolute atomic E-state index is 13.0. The average molecular weight is 555 g/mol. The lowest BCUT2D eigenvalue weighted by Crippen LogP contribution is -2.48. The molecule has 0 aliphatic carbocycles. The van der Waals surface area contributed by atoms with Crippen molar-refractivity contribution in [3.63, 3.8) is 0 Å². The van der Waals surface area contributed by atoms with E-state index in [1.807, 2.05) is 0 Å². The molecular weight excluding hydrogens is 537 g/mol. The topological polar surface area (TPSA) is 142 Å². The smallest absolute Gasteiger partial charge is 0.342 e. The number of thiazole rings is 1. The zero-order chi connectivity index (χ0) is 26.7. The van der Waals surface area contributed by atoms with E-state index >= 15 is 0 Å². The highest BCUT2D eigenvalue weighted by Crippen LogP contribution is 2.35. The van der Waals surface area contributed by atoms with Crippen molar-refractivity contribution in [2.75, 3.05) is 29.9 Å². The van der Waals surface area contributed by atoms with E-state index in [0.29, 0.717) is 30.0 Å². The number of aromatic nitrogens is 4. The van der Waals surface area contributed by atoms with Gasteiger partial charge in [0.1, 0.15) is 33.5 Å². The number of hydrogen-bond acceptors (Lipinski definition) is 9. The highest BCUT2D eigenvalue weighted by atomic mass is 35.5. The second-order valence-corrected chi connectivity index (χ2v) is 9.21. The van der Waals surface area contributed by atoms with Gasteiger partial charge in [0.25, 0.3) is 11.8 Å². The molecule has 3 aromatic heterocycles. The lowest BCUT2D eigenvalue weighted by molar-refractivity contribution is -0.137. The predicted molar refractivity (Wildman–Crippen MR) is 127 cm³/mol. The van der Waals surface area contributed by atoms with Crippen LogP contribution in [-0.4, -0.2) is 57.3 Å². The summed E-state index contributed by atoms with van der Waals surface area (Å²) in [5.74, 6) is -1.49. The van der Waals surface area contributed by atoms with Crippen molar-refractivity contribution in [1.29, 1.82) is 0 Å². The number of nitrogens with zero attached hydrogens (tertiary/aromatic N) is 5. The van der Waals surface area contributed by atoms with Gasteiger partial charge >= 0.3 is 6.18 Å². The monoisotopic (exact) mass is 554 g/mol. The minimum absolute atomic E-state index is 0.0342. The number of piperazine rings is 1. The fourth-order valence-corrected chi connectivity index (χ4v) is 4.32. The van der Waals surface area contributed by atoms with Crippen LogP contribution in [0, 0.1) is 0 Å². The van der Waals surface area contributed by atoms with Crippen LogP contribution in [0.5, 0.6) is 0 Å². The van der Waals surface area contributed by atoms with Crippen molar-refractivity contribution in [2.45, 2.75) is 19.1 Å². The number of amides is 3. The Kier molecular flexibility index (Phi) is 7.65. The number of hydrogen-bond donors (Lipinski definition) is 3. The van der Waals surface area contributed by atoms with Gasteiger partial charge in [-0.15, -0.1) is 11.3 Å². The van der Waals surface area contributed by atoms with E-state index < -0.39 is 34.6 Å². The third-order valence-electron chi connectivity index (χ3n) is 5.12.